The highest BCUT2D eigenvalue weighted by molar-refractivity contribution is 7.13. The molecular weight excluding hydrogens is 312 g/mol. The van der Waals surface area contributed by atoms with Crippen molar-refractivity contribution in [3.63, 3.8) is 0 Å². The zero-order valence-electron chi connectivity index (χ0n) is 12.6. The Morgan fingerprint density at radius 2 is 2.09 bits per heavy atom. The SMILES string of the molecule is COCc1ccccc1CNC(=O)c1cc(-c2cccs2)on1. The van der Waals surface area contributed by atoms with Crippen molar-refractivity contribution in [2.45, 2.75) is 13.2 Å². The predicted molar refractivity (Wildman–Crippen MR) is 88.1 cm³/mol. The van der Waals surface area contributed by atoms with Crippen molar-refractivity contribution in [3.05, 3.63) is 64.7 Å². The van der Waals surface area contributed by atoms with E-state index in [0.717, 1.165) is 16.0 Å². The van der Waals surface area contributed by atoms with Crippen LogP contribution in [-0.4, -0.2) is 18.2 Å². The summed E-state index contributed by atoms with van der Waals surface area (Å²) in [5, 5.41) is 8.65. The normalized spacial score (nSPS) is 10.7. The number of thiophene rings is 1. The maximum atomic E-state index is 12.2. The minimum Gasteiger partial charge on any atom is -0.380 e. The number of ether oxygens (including phenoxy) is 1. The average molecular weight is 328 g/mol. The van der Waals surface area contributed by atoms with Gasteiger partial charge in [-0.3, -0.25) is 4.79 Å². The van der Waals surface area contributed by atoms with E-state index in [-0.39, 0.29) is 11.6 Å². The van der Waals surface area contributed by atoms with Gasteiger partial charge in [-0.1, -0.05) is 35.5 Å². The lowest BCUT2D eigenvalue weighted by atomic mass is 10.1. The van der Waals surface area contributed by atoms with E-state index in [1.54, 1.807) is 13.2 Å². The van der Waals surface area contributed by atoms with Crippen LogP contribution in [0, 0.1) is 0 Å². The van der Waals surface area contributed by atoms with Crippen LogP contribution in [0.15, 0.2) is 52.4 Å². The van der Waals surface area contributed by atoms with Crippen LogP contribution in [-0.2, 0) is 17.9 Å². The molecule has 3 aromatic rings. The molecule has 3 rings (SSSR count). The molecule has 6 heteroatoms. The predicted octanol–water partition coefficient (Wildman–Crippen LogP) is 3.48. The molecular formula is C17H16N2O3S. The van der Waals surface area contributed by atoms with E-state index in [1.165, 1.54) is 11.3 Å². The molecule has 1 aromatic carbocycles. The molecule has 5 nitrogen and oxygen atoms in total. The first-order chi connectivity index (χ1) is 11.3. The Bertz CT molecular complexity index is 781. The van der Waals surface area contributed by atoms with Gasteiger partial charge in [0.15, 0.2) is 11.5 Å². The molecule has 1 N–H and O–H groups in total. The van der Waals surface area contributed by atoms with E-state index in [4.69, 9.17) is 9.26 Å². The van der Waals surface area contributed by atoms with Crippen LogP contribution in [0.4, 0.5) is 0 Å². The van der Waals surface area contributed by atoms with E-state index in [0.29, 0.717) is 18.9 Å². The van der Waals surface area contributed by atoms with Crippen LogP contribution < -0.4 is 5.32 Å². The van der Waals surface area contributed by atoms with E-state index in [1.807, 2.05) is 41.8 Å². The zero-order valence-corrected chi connectivity index (χ0v) is 13.4. The van der Waals surface area contributed by atoms with Crippen molar-refractivity contribution in [2.24, 2.45) is 0 Å². The van der Waals surface area contributed by atoms with Crippen molar-refractivity contribution < 1.29 is 14.1 Å². The molecule has 23 heavy (non-hydrogen) atoms. The number of hydrogen-bond acceptors (Lipinski definition) is 5. The number of carbonyl (C=O) groups is 1. The summed E-state index contributed by atoms with van der Waals surface area (Å²) >= 11 is 1.54. The Hall–Kier alpha value is -2.44. The van der Waals surface area contributed by atoms with Crippen LogP contribution in [0.2, 0.25) is 0 Å². The maximum absolute atomic E-state index is 12.2. The van der Waals surface area contributed by atoms with Crippen molar-refractivity contribution in [1.29, 1.82) is 0 Å². The third kappa shape index (κ3) is 3.67. The molecule has 0 saturated carbocycles. The zero-order chi connectivity index (χ0) is 16.1. The van der Waals surface area contributed by atoms with Gasteiger partial charge in [0.25, 0.3) is 5.91 Å². The number of carbonyl (C=O) groups excluding carboxylic acids is 1. The fraction of sp³-hybridized carbons (Fsp3) is 0.176. The number of rotatable bonds is 6. The molecule has 0 aliphatic heterocycles. The Morgan fingerprint density at radius 3 is 2.83 bits per heavy atom. The molecule has 2 aromatic heterocycles. The molecule has 0 aliphatic rings. The maximum Gasteiger partial charge on any atom is 0.273 e. The van der Waals surface area contributed by atoms with Gasteiger partial charge in [-0.15, -0.1) is 11.3 Å². The second kappa shape index (κ2) is 7.21. The molecule has 0 atom stereocenters. The van der Waals surface area contributed by atoms with Crippen molar-refractivity contribution in [1.82, 2.24) is 10.5 Å². The number of aromatic nitrogens is 1. The minimum atomic E-state index is -0.260. The van der Waals surface area contributed by atoms with Crippen LogP contribution >= 0.6 is 11.3 Å². The fourth-order valence-electron chi connectivity index (χ4n) is 2.21. The van der Waals surface area contributed by atoms with Gasteiger partial charge in [0.2, 0.25) is 0 Å². The third-order valence-electron chi connectivity index (χ3n) is 3.36. The highest BCUT2D eigenvalue weighted by Gasteiger charge is 2.14. The van der Waals surface area contributed by atoms with Crippen molar-refractivity contribution in [3.8, 4) is 10.6 Å². The Balaban J connectivity index is 1.66. The summed E-state index contributed by atoms with van der Waals surface area (Å²) in [5.41, 5.74) is 2.34. The number of benzene rings is 1. The highest BCUT2D eigenvalue weighted by Crippen LogP contribution is 2.25. The fourth-order valence-corrected chi connectivity index (χ4v) is 2.88. The quantitative estimate of drug-likeness (QED) is 0.752. The van der Waals surface area contributed by atoms with Gasteiger partial charge < -0.3 is 14.6 Å². The number of nitrogens with one attached hydrogen (secondary N) is 1. The lowest BCUT2D eigenvalue weighted by molar-refractivity contribution is 0.0941. The summed E-state index contributed by atoms with van der Waals surface area (Å²) in [7, 11) is 1.65. The van der Waals surface area contributed by atoms with Gasteiger partial charge >= 0.3 is 0 Å². The molecule has 0 spiro atoms. The summed E-state index contributed by atoms with van der Waals surface area (Å²) in [6.07, 6.45) is 0. The summed E-state index contributed by atoms with van der Waals surface area (Å²) < 4.78 is 10.4. The minimum absolute atomic E-state index is 0.260. The molecule has 0 unspecified atom stereocenters. The second-order valence-electron chi connectivity index (χ2n) is 4.94. The summed E-state index contributed by atoms with van der Waals surface area (Å²) in [4.78, 5) is 13.2. The van der Waals surface area contributed by atoms with Gasteiger partial charge in [-0.2, -0.15) is 0 Å². The average Bonchev–Trinajstić information content (AvgIpc) is 3.25. The van der Waals surface area contributed by atoms with Crippen molar-refractivity contribution >= 4 is 17.2 Å². The lowest BCUT2D eigenvalue weighted by Gasteiger charge is -2.09. The van der Waals surface area contributed by atoms with Crippen LogP contribution in [0.5, 0.6) is 0 Å². The van der Waals surface area contributed by atoms with Crippen molar-refractivity contribution in [2.75, 3.05) is 7.11 Å². The van der Waals surface area contributed by atoms with E-state index in [9.17, 15) is 4.79 Å². The van der Waals surface area contributed by atoms with Crippen LogP contribution in [0.25, 0.3) is 10.6 Å². The third-order valence-corrected chi connectivity index (χ3v) is 4.25. The first kappa shape index (κ1) is 15.5. The molecule has 0 saturated heterocycles. The molecule has 1 amide bonds. The summed E-state index contributed by atoms with van der Waals surface area (Å²) in [5.74, 6) is 0.341. The van der Waals surface area contributed by atoms with Gasteiger partial charge in [0, 0.05) is 19.7 Å². The second-order valence-corrected chi connectivity index (χ2v) is 5.89. The topological polar surface area (TPSA) is 64.4 Å². The van der Waals surface area contributed by atoms with Gasteiger partial charge in [0.1, 0.15) is 0 Å². The largest absolute Gasteiger partial charge is 0.380 e. The number of hydrogen-bond donors (Lipinski definition) is 1. The monoisotopic (exact) mass is 328 g/mol. The standard InChI is InChI=1S/C17H16N2O3S/c1-21-11-13-6-3-2-5-12(13)10-18-17(20)14-9-15(22-19-14)16-7-4-8-23-16/h2-9H,10-11H2,1H3,(H,18,20). The Kier molecular flexibility index (Phi) is 4.85. The number of methoxy groups -OCH3 is 1. The lowest BCUT2D eigenvalue weighted by Crippen LogP contribution is -2.23. The molecule has 118 valence electrons. The van der Waals surface area contributed by atoms with E-state index >= 15 is 0 Å². The first-order valence-electron chi connectivity index (χ1n) is 7.12. The molecule has 0 radical (unpaired) electrons. The van der Waals surface area contributed by atoms with Gasteiger partial charge in [-0.05, 0) is 22.6 Å². The van der Waals surface area contributed by atoms with Crippen LogP contribution in [0.1, 0.15) is 21.6 Å². The summed E-state index contributed by atoms with van der Waals surface area (Å²) in [6, 6.07) is 13.3. The number of amides is 1. The summed E-state index contributed by atoms with van der Waals surface area (Å²) in [6.45, 7) is 0.929. The first-order valence-corrected chi connectivity index (χ1v) is 8.00. The van der Waals surface area contributed by atoms with Gasteiger partial charge in [0.05, 0.1) is 11.5 Å². The molecule has 0 fully saturated rings. The smallest absolute Gasteiger partial charge is 0.273 e. The van der Waals surface area contributed by atoms with E-state index < -0.39 is 0 Å². The van der Waals surface area contributed by atoms with Crippen LogP contribution in [0.3, 0.4) is 0 Å². The molecule has 0 aliphatic carbocycles. The highest BCUT2D eigenvalue weighted by atomic mass is 32.1. The Morgan fingerprint density at radius 1 is 1.26 bits per heavy atom. The van der Waals surface area contributed by atoms with E-state index in [2.05, 4.69) is 10.5 Å². The number of nitrogens with zero attached hydrogens (tertiary/aromatic N) is 1. The molecule has 0 bridgehead atoms. The Labute approximate surface area is 137 Å². The van der Waals surface area contributed by atoms with Gasteiger partial charge in [-0.25, -0.2) is 0 Å². The molecule has 2 heterocycles.